The zero-order chi connectivity index (χ0) is 20.1. The number of nitrogens with one attached hydrogen (secondary N) is 1. The van der Waals surface area contributed by atoms with Crippen molar-refractivity contribution in [2.45, 2.75) is 6.92 Å². The summed E-state index contributed by atoms with van der Waals surface area (Å²) < 4.78 is 19.8. The Morgan fingerprint density at radius 3 is 2.43 bits per heavy atom. The van der Waals surface area contributed by atoms with E-state index in [-0.39, 0.29) is 11.7 Å². The number of carbonyl (C=O) groups is 2. The van der Waals surface area contributed by atoms with E-state index in [2.05, 4.69) is 10.4 Å². The molecular weight excluding hydrogens is 361 g/mol. The van der Waals surface area contributed by atoms with Gasteiger partial charge in [-0.1, -0.05) is 0 Å². The van der Waals surface area contributed by atoms with Gasteiger partial charge in [-0.15, -0.1) is 0 Å². The molecule has 1 aromatic heterocycles. The Morgan fingerprint density at radius 1 is 1.11 bits per heavy atom. The highest BCUT2D eigenvalue weighted by Crippen LogP contribution is 2.24. The summed E-state index contributed by atoms with van der Waals surface area (Å²) in [7, 11) is 1.78. The summed E-state index contributed by atoms with van der Waals surface area (Å²) in [6.07, 6.45) is 4.68. The lowest BCUT2D eigenvalue weighted by atomic mass is 10.1. The predicted octanol–water partition coefficient (Wildman–Crippen LogP) is 3.80. The highest BCUT2D eigenvalue weighted by atomic mass is 19.1. The number of hydrogen-bond donors (Lipinski definition) is 1. The lowest BCUT2D eigenvalue weighted by Crippen LogP contribution is -2.08. The molecule has 3 rings (SSSR count). The first-order chi connectivity index (χ1) is 13.4. The van der Waals surface area contributed by atoms with Crippen molar-refractivity contribution in [3.05, 3.63) is 72.2 Å². The van der Waals surface area contributed by atoms with Crippen LogP contribution in [-0.4, -0.2) is 21.7 Å². The Labute approximate surface area is 161 Å². The predicted molar refractivity (Wildman–Crippen MR) is 104 cm³/mol. The number of carbonyl (C=O) groups excluding carboxylic acids is 2. The van der Waals surface area contributed by atoms with Crippen molar-refractivity contribution >= 4 is 23.6 Å². The van der Waals surface area contributed by atoms with Crippen LogP contribution in [0.2, 0.25) is 0 Å². The molecule has 0 spiro atoms. The molecule has 1 amide bonds. The fourth-order valence-electron chi connectivity index (χ4n) is 2.66. The van der Waals surface area contributed by atoms with Crippen molar-refractivity contribution in [3.8, 4) is 17.0 Å². The third-order valence-corrected chi connectivity index (χ3v) is 3.88. The Kier molecular flexibility index (Phi) is 5.64. The van der Waals surface area contributed by atoms with Crippen LogP contribution in [0.4, 0.5) is 10.1 Å². The molecule has 0 radical (unpaired) electrons. The van der Waals surface area contributed by atoms with Crippen molar-refractivity contribution in [2.24, 2.45) is 7.05 Å². The fourth-order valence-corrected chi connectivity index (χ4v) is 2.66. The first-order valence-corrected chi connectivity index (χ1v) is 8.48. The van der Waals surface area contributed by atoms with Crippen LogP contribution in [0, 0.1) is 5.82 Å². The number of amides is 1. The molecule has 7 heteroatoms. The number of halogens is 1. The van der Waals surface area contributed by atoms with Crippen LogP contribution < -0.4 is 10.1 Å². The largest absolute Gasteiger partial charge is 0.427 e. The molecule has 0 aliphatic heterocycles. The molecule has 3 aromatic rings. The second-order valence-corrected chi connectivity index (χ2v) is 6.02. The van der Waals surface area contributed by atoms with Gasteiger partial charge in [-0.05, 0) is 54.6 Å². The Balaban J connectivity index is 1.71. The maximum Gasteiger partial charge on any atom is 0.308 e. The van der Waals surface area contributed by atoms with Crippen LogP contribution >= 0.6 is 0 Å². The SMILES string of the molecule is CC(=O)Oc1ccc(NC(=O)/C=C/c2cnn(C)c2-c2ccc(F)cc2)cc1. The highest BCUT2D eigenvalue weighted by molar-refractivity contribution is 6.02. The second-order valence-electron chi connectivity index (χ2n) is 6.02. The van der Waals surface area contributed by atoms with E-state index < -0.39 is 5.97 Å². The van der Waals surface area contributed by atoms with Crippen molar-refractivity contribution in [2.75, 3.05) is 5.32 Å². The van der Waals surface area contributed by atoms with Gasteiger partial charge in [-0.2, -0.15) is 5.10 Å². The van der Waals surface area contributed by atoms with Gasteiger partial charge in [0, 0.05) is 36.9 Å². The van der Waals surface area contributed by atoms with Gasteiger partial charge in [0.2, 0.25) is 5.91 Å². The van der Waals surface area contributed by atoms with Crippen molar-refractivity contribution in [3.63, 3.8) is 0 Å². The zero-order valence-electron chi connectivity index (χ0n) is 15.3. The van der Waals surface area contributed by atoms with Crippen LogP contribution in [0.25, 0.3) is 17.3 Å². The summed E-state index contributed by atoms with van der Waals surface area (Å²) in [6, 6.07) is 12.5. The Morgan fingerprint density at radius 2 is 1.79 bits per heavy atom. The normalized spacial score (nSPS) is 10.8. The first kappa shape index (κ1) is 19.0. The number of aromatic nitrogens is 2. The van der Waals surface area contributed by atoms with Crippen molar-refractivity contribution in [1.29, 1.82) is 0 Å². The highest BCUT2D eigenvalue weighted by Gasteiger charge is 2.09. The van der Waals surface area contributed by atoms with E-state index in [0.29, 0.717) is 11.4 Å². The summed E-state index contributed by atoms with van der Waals surface area (Å²) in [5.41, 5.74) is 2.86. The van der Waals surface area contributed by atoms with Gasteiger partial charge in [-0.25, -0.2) is 4.39 Å². The maximum atomic E-state index is 13.2. The van der Waals surface area contributed by atoms with Gasteiger partial charge in [0.25, 0.3) is 0 Å². The van der Waals surface area contributed by atoms with Crippen molar-refractivity contribution in [1.82, 2.24) is 9.78 Å². The van der Waals surface area contributed by atoms with E-state index in [0.717, 1.165) is 16.8 Å². The van der Waals surface area contributed by atoms with Gasteiger partial charge in [-0.3, -0.25) is 14.3 Å². The standard InChI is InChI=1S/C21H18FN3O3/c1-14(26)28-19-10-8-18(9-11-19)24-20(27)12-5-16-13-23-25(2)21(16)15-3-6-17(22)7-4-15/h3-13H,1-2H3,(H,24,27)/b12-5+. The molecule has 0 saturated heterocycles. The first-order valence-electron chi connectivity index (χ1n) is 8.48. The lowest BCUT2D eigenvalue weighted by Gasteiger charge is -2.05. The van der Waals surface area contributed by atoms with E-state index in [4.69, 9.17) is 4.74 Å². The molecule has 28 heavy (non-hydrogen) atoms. The topological polar surface area (TPSA) is 73.2 Å². The quantitative estimate of drug-likeness (QED) is 0.416. The third-order valence-electron chi connectivity index (χ3n) is 3.88. The van der Waals surface area contributed by atoms with E-state index in [1.165, 1.54) is 25.1 Å². The second kappa shape index (κ2) is 8.30. The summed E-state index contributed by atoms with van der Waals surface area (Å²) in [4.78, 5) is 23.1. The minimum absolute atomic E-state index is 0.317. The van der Waals surface area contributed by atoms with Gasteiger partial charge in [0.1, 0.15) is 11.6 Å². The number of aryl methyl sites for hydroxylation is 1. The van der Waals surface area contributed by atoms with Gasteiger partial charge in [0.15, 0.2) is 0 Å². The van der Waals surface area contributed by atoms with Gasteiger partial charge in [0.05, 0.1) is 11.9 Å². The van der Waals surface area contributed by atoms with Crippen LogP contribution in [0.15, 0.2) is 60.8 Å². The van der Waals surface area contributed by atoms with Gasteiger partial charge >= 0.3 is 5.97 Å². The summed E-state index contributed by atoms with van der Waals surface area (Å²) >= 11 is 0. The summed E-state index contributed by atoms with van der Waals surface area (Å²) in [6.45, 7) is 1.32. The number of rotatable bonds is 5. The van der Waals surface area contributed by atoms with E-state index in [1.54, 1.807) is 60.4 Å². The molecule has 6 nitrogen and oxygen atoms in total. The maximum absolute atomic E-state index is 13.2. The minimum Gasteiger partial charge on any atom is -0.427 e. The monoisotopic (exact) mass is 379 g/mol. The minimum atomic E-state index is -0.409. The smallest absolute Gasteiger partial charge is 0.308 e. The number of benzene rings is 2. The Hall–Kier alpha value is -3.74. The van der Waals surface area contributed by atoms with Gasteiger partial charge < -0.3 is 10.1 Å². The molecule has 0 aliphatic rings. The molecular formula is C21H18FN3O3. The number of hydrogen-bond acceptors (Lipinski definition) is 4. The molecule has 0 aliphatic carbocycles. The molecule has 142 valence electrons. The number of esters is 1. The van der Waals surface area contributed by atoms with Crippen LogP contribution in [0.1, 0.15) is 12.5 Å². The number of ether oxygens (including phenoxy) is 1. The molecule has 0 saturated carbocycles. The van der Waals surface area contributed by atoms with Crippen LogP contribution in [0.5, 0.6) is 5.75 Å². The van der Waals surface area contributed by atoms with Crippen LogP contribution in [0.3, 0.4) is 0 Å². The van der Waals surface area contributed by atoms with Crippen molar-refractivity contribution < 1.29 is 18.7 Å². The molecule has 0 fully saturated rings. The van der Waals surface area contributed by atoms with E-state index in [9.17, 15) is 14.0 Å². The lowest BCUT2D eigenvalue weighted by molar-refractivity contribution is -0.131. The van der Waals surface area contributed by atoms with Crippen LogP contribution in [-0.2, 0) is 16.6 Å². The molecule has 1 N–H and O–H groups in total. The zero-order valence-corrected chi connectivity index (χ0v) is 15.3. The average Bonchev–Trinajstić information content (AvgIpc) is 3.02. The molecule has 2 aromatic carbocycles. The molecule has 0 bridgehead atoms. The summed E-state index contributed by atoms with van der Waals surface area (Å²) in [5.74, 6) is -0.648. The molecule has 1 heterocycles. The molecule has 0 unspecified atom stereocenters. The van der Waals surface area contributed by atoms with E-state index in [1.807, 2.05) is 0 Å². The number of nitrogens with zero attached hydrogens (tertiary/aromatic N) is 2. The number of anilines is 1. The summed E-state index contributed by atoms with van der Waals surface area (Å²) in [5, 5.41) is 6.93. The fraction of sp³-hybridized carbons (Fsp3) is 0.0952. The van der Waals surface area contributed by atoms with E-state index >= 15 is 0 Å². The third kappa shape index (κ3) is 4.70. The molecule has 0 atom stereocenters. The average molecular weight is 379 g/mol. The Bertz CT molecular complexity index is 1020.